The van der Waals surface area contributed by atoms with Crippen molar-refractivity contribution in [2.24, 2.45) is 5.73 Å². The van der Waals surface area contributed by atoms with Crippen LogP contribution in [-0.2, 0) is 0 Å². The van der Waals surface area contributed by atoms with Crippen LogP contribution in [0.15, 0.2) is 34.8 Å². The van der Waals surface area contributed by atoms with Gasteiger partial charge in [-0.2, -0.15) is 0 Å². The highest BCUT2D eigenvalue weighted by Gasteiger charge is 2.08. The number of hydrogen-bond donors (Lipinski definition) is 2. The predicted octanol–water partition coefficient (Wildman–Crippen LogP) is 2.80. The number of halogens is 2. The van der Waals surface area contributed by atoms with Gasteiger partial charge in [0.25, 0.3) is 0 Å². The van der Waals surface area contributed by atoms with Crippen molar-refractivity contribution in [3.8, 4) is 11.3 Å². The van der Waals surface area contributed by atoms with Crippen molar-refractivity contribution in [1.29, 1.82) is 0 Å². The third kappa shape index (κ3) is 3.71. The number of nitrogens with one attached hydrogen (secondary N) is 1. The lowest BCUT2D eigenvalue weighted by Gasteiger charge is -2.08. The second-order valence-electron chi connectivity index (χ2n) is 4.29. The summed E-state index contributed by atoms with van der Waals surface area (Å²) in [6, 6.07) is 8.22. The van der Waals surface area contributed by atoms with Crippen molar-refractivity contribution >= 4 is 21.7 Å². The topological polar surface area (TPSA) is 63.8 Å². The average Bonchev–Trinajstić information content (AvgIpc) is 2.40. The first-order valence-electron chi connectivity index (χ1n) is 5.85. The van der Waals surface area contributed by atoms with Gasteiger partial charge in [-0.1, -0.05) is 15.9 Å². The fraction of sp³-hybridized carbons (Fsp3) is 0.231. The molecule has 19 heavy (non-hydrogen) atoms. The fourth-order valence-electron chi connectivity index (χ4n) is 1.53. The summed E-state index contributed by atoms with van der Waals surface area (Å²) in [6.07, 6.45) is 0. The van der Waals surface area contributed by atoms with Crippen LogP contribution < -0.4 is 11.1 Å². The molecule has 1 aromatic carbocycles. The van der Waals surface area contributed by atoms with Crippen molar-refractivity contribution in [2.45, 2.75) is 13.0 Å². The summed E-state index contributed by atoms with van der Waals surface area (Å²) in [5.41, 5.74) is 6.54. The number of rotatable bonds is 4. The van der Waals surface area contributed by atoms with Crippen LogP contribution in [0.1, 0.15) is 6.92 Å². The van der Waals surface area contributed by atoms with E-state index in [9.17, 15) is 4.39 Å². The number of benzene rings is 1. The first-order chi connectivity index (χ1) is 9.06. The van der Waals surface area contributed by atoms with Crippen molar-refractivity contribution < 1.29 is 4.39 Å². The van der Waals surface area contributed by atoms with E-state index in [1.165, 1.54) is 6.07 Å². The maximum atomic E-state index is 13.7. The molecule has 0 spiro atoms. The molecule has 0 saturated carbocycles. The number of nitrogens with two attached hydrogens (primary N) is 1. The van der Waals surface area contributed by atoms with Crippen molar-refractivity contribution in [3.05, 3.63) is 40.6 Å². The van der Waals surface area contributed by atoms with Gasteiger partial charge in [0, 0.05) is 22.6 Å². The Balaban J connectivity index is 2.20. The monoisotopic (exact) mass is 324 g/mol. The molecular weight excluding hydrogens is 311 g/mol. The summed E-state index contributed by atoms with van der Waals surface area (Å²) in [7, 11) is 0. The molecule has 0 aliphatic rings. The molecule has 1 aromatic heterocycles. The molecule has 1 unspecified atom stereocenters. The molecule has 1 atom stereocenters. The van der Waals surface area contributed by atoms with Gasteiger partial charge in [0.2, 0.25) is 0 Å². The Bertz CT molecular complexity index is 557. The van der Waals surface area contributed by atoms with Gasteiger partial charge in [-0.25, -0.2) is 4.39 Å². The summed E-state index contributed by atoms with van der Waals surface area (Å²) in [5, 5.41) is 11.1. The van der Waals surface area contributed by atoms with Gasteiger partial charge >= 0.3 is 0 Å². The molecule has 2 rings (SSSR count). The second-order valence-corrected chi connectivity index (χ2v) is 5.20. The second kappa shape index (κ2) is 6.08. The third-order valence-electron chi connectivity index (χ3n) is 2.47. The molecule has 0 amide bonds. The van der Waals surface area contributed by atoms with Gasteiger partial charge in [-0.3, -0.25) is 0 Å². The number of hydrogen-bond acceptors (Lipinski definition) is 4. The Morgan fingerprint density at radius 1 is 1.32 bits per heavy atom. The third-order valence-corrected chi connectivity index (χ3v) is 2.97. The standard InChI is InChI=1S/C13H14BrFN4/c1-8(16)7-17-13-5-4-12(18-19-13)10-6-9(14)2-3-11(10)15/h2-6,8H,7,16H2,1H3,(H,17,19). The molecule has 2 aromatic rings. The summed E-state index contributed by atoms with van der Waals surface area (Å²) < 4.78 is 14.5. The molecule has 3 N–H and O–H groups in total. The van der Waals surface area contributed by atoms with Crippen LogP contribution in [0.4, 0.5) is 10.2 Å². The SMILES string of the molecule is CC(N)CNc1ccc(-c2cc(Br)ccc2F)nn1. The van der Waals surface area contributed by atoms with Gasteiger partial charge in [0.15, 0.2) is 0 Å². The molecule has 0 saturated heterocycles. The Hall–Kier alpha value is -1.53. The van der Waals surface area contributed by atoms with E-state index >= 15 is 0 Å². The quantitative estimate of drug-likeness (QED) is 0.907. The molecule has 4 nitrogen and oxygen atoms in total. The summed E-state index contributed by atoms with van der Waals surface area (Å²) >= 11 is 3.31. The predicted molar refractivity (Wildman–Crippen MR) is 77.3 cm³/mol. The van der Waals surface area contributed by atoms with Crippen LogP contribution in [0.25, 0.3) is 11.3 Å². The highest BCUT2D eigenvalue weighted by atomic mass is 79.9. The van der Waals surface area contributed by atoms with E-state index in [2.05, 4.69) is 31.4 Å². The number of anilines is 1. The normalized spacial score (nSPS) is 12.2. The minimum Gasteiger partial charge on any atom is -0.367 e. The highest BCUT2D eigenvalue weighted by molar-refractivity contribution is 9.10. The van der Waals surface area contributed by atoms with E-state index in [1.54, 1.807) is 24.3 Å². The van der Waals surface area contributed by atoms with E-state index in [-0.39, 0.29) is 11.9 Å². The lowest BCUT2D eigenvalue weighted by molar-refractivity contribution is 0.630. The van der Waals surface area contributed by atoms with E-state index in [1.807, 2.05) is 6.92 Å². The minimum absolute atomic E-state index is 0.0315. The summed E-state index contributed by atoms with van der Waals surface area (Å²) in [6.45, 7) is 2.50. The lowest BCUT2D eigenvalue weighted by Crippen LogP contribution is -2.25. The van der Waals surface area contributed by atoms with Gasteiger partial charge in [-0.05, 0) is 37.3 Å². The minimum atomic E-state index is -0.325. The first-order valence-corrected chi connectivity index (χ1v) is 6.64. The van der Waals surface area contributed by atoms with Crippen LogP contribution in [-0.4, -0.2) is 22.8 Å². The fourth-order valence-corrected chi connectivity index (χ4v) is 1.89. The zero-order valence-corrected chi connectivity index (χ0v) is 12.0. The molecule has 100 valence electrons. The Morgan fingerprint density at radius 2 is 2.11 bits per heavy atom. The summed E-state index contributed by atoms with van der Waals surface area (Å²) in [4.78, 5) is 0. The molecule has 0 aliphatic heterocycles. The Morgan fingerprint density at radius 3 is 2.74 bits per heavy atom. The van der Waals surface area contributed by atoms with Crippen LogP contribution in [0.3, 0.4) is 0 Å². The van der Waals surface area contributed by atoms with E-state index < -0.39 is 0 Å². The first kappa shape index (κ1) is 13.9. The maximum absolute atomic E-state index is 13.7. The van der Waals surface area contributed by atoms with E-state index in [0.717, 1.165) is 4.47 Å². The molecule has 0 radical (unpaired) electrons. The number of nitrogens with zero attached hydrogens (tertiary/aromatic N) is 2. The lowest BCUT2D eigenvalue weighted by atomic mass is 10.1. The van der Waals surface area contributed by atoms with Gasteiger partial charge in [-0.15, -0.1) is 10.2 Å². The van der Waals surface area contributed by atoms with E-state index in [4.69, 9.17) is 5.73 Å². The largest absolute Gasteiger partial charge is 0.367 e. The summed E-state index contributed by atoms with van der Waals surface area (Å²) in [5.74, 6) is 0.297. The molecule has 1 heterocycles. The van der Waals surface area contributed by atoms with Crippen LogP contribution in [0, 0.1) is 5.82 Å². The average molecular weight is 325 g/mol. The Kier molecular flexibility index (Phi) is 4.44. The van der Waals surface area contributed by atoms with Crippen LogP contribution in [0.2, 0.25) is 0 Å². The maximum Gasteiger partial charge on any atom is 0.148 e. The van der Waals surface area contributed by atoms with Gasteiger partial charge in [0.05, 0.1) is 5.69 Å². The van der Waals surface area contributed by atoms with Gasteiger partial charge in [0.1, 0.15) is 11.6 Å². The number of aromatic nitrogens is 2. The zero-order valence-electron chi connectivity index (χ0n) is 10.4. The van der Waals surface area contributed by atoms with E-state index in [0.29, 0.717) is 23.6 Å². The smallest absolute Gasteiger partial charge is 0.148 e. The molecule has 0 fully saturated rings. The van der Waals surface area contributed by atoms with Crippen LogP contribution >= 0.6 is 15.9 Å². The van der Waals surface area contributed by atoms with Gasteiger partial charge < -0.3 is 11.1 Å². The Labute approximate surface area is 119 Å². The van der Waals surface area contributed by atoms with Crippen LogP contribution in [0.5, 0.6) is 0 Å². The van der Waals surface area contributed by atoms with Crippen molar-refractivity contribution in [1.82, 2.24) is 10.2 Å². The van der Waals surface area contributed by atoms with Crippen molar-refractivity contribution in [3.63, 3.8) is 0 Å². The molecular formula is C13H14BrFN4. The molecule has 0 aliphatic carbocycles. The van der Waals surface area contributed by atoms with Crippen molar-refractivity contribution in [2.75, 3.05) is 11.9 Å². The highest BCUT2D eigenvalue weighted by Crippen LogP contribution is 2.24. The molecule has 0 bridgehead atoms. The molecule has 6 heteroatoms. The zero-order chi connectivity index (χ0) is 13.8.